The Hall–Kier alpha value is -1.19. The second-order valence-corrected chi connectivity index (χ2v) is 5.15. The lowest BCUT2D eigenvalue weighted by molar-refractivity contribution is 0.261. The zero-order chi connectivity index (χ0) is 13.0. The van der Waals surface area contributed by atoms with Crippen molar-refractivity contribution < 1.29 is 9.50 Å². The molecule has 1 N–H and O–H groups in total. The quantitative estimate of drug-likeness (QED) is 0.908. The van der Waals surface area contributed by atoms with Crippen molar-refractivity contribution >= 4 is 15.9 Å². The van der Waals surface area contributed by atoms with E-state index < -0.39 is 0 Å². The zero-order valence-electron chi connectivity index (χ0n) is 9.81. The molecule has 0 fully saturated rings. The van der Waals surface area contributed by atoms with Crippen LogP contribution in [0.1, 0.15) is 17.0 Å². The van der Waals surface area contributed by atoms with Crippen molar-refractivity contribution in [2.24, 2.45) is 0 Å². The van der Waals surface area contributed by atoms with Gasteiger partial charge < -0.3 is 5.11 Å². The third kappa shape index (κ3) is 3.18. The zero-order valence-corrected chi connectivity index (χ0v) is 11.4. The van der Waals surface area contributed by atoms with Gasteiger partial charge in [-0.05, 0) is 35.7 Å². The minimum absolute atomic E-state index is 0.0621. The summed E-state index contributed by atoms with van der Waals surface area (Å²) in [6.45, 7) is -0.0621. The van der Waals surface area contributed by atoms with Crippen molar-refractivity contribution in [1.82, 2.24) is 0 Å². The lowest BCUT2D eigenvalue weighted by atomic mass is 9.92. The predicted octanol–water partition coefficient (Wildman–Crippen LogP) is 3.91. The van der Waals surface area contributed by atoms with E-state index in [-0.39, 0.29) is 18.3 Å². The van der Waals surface area contributed by atoms with E-state index >= 15 is 0 Å². The molecular weight excluding hydrogens is 295 g/mol. The molecule has 0 spiro atoms. The van der Waals surface area contributed by atoms with Gasteiger partial charge in [0.2, 0.25) is 0 Å². The first-order valence-electron chi connectivity index (χ1n) is 5.80. The van der Waals surface area contributed by atoms with Gasteiger partial charge in [0.1, 0.15) is 5.82 Å². The summed E-state index contributed by atoms with van der Waals surface area (Å²) in [7, 11) is 0. The van der Waals surface area contributed by atoms with Gasteiger partial charge >= 0.3 is 0 Å². The summed E-state index contributed by atoms with van der Waals surface area (Å²) in [6.07, 6.45) is 0.622. The minimum Gasteiger partial charge on any atom is -0.396 e. The van der Waals surface area contributed by atoms with Crippen molar-refractivity contribution in [3.8, 4) is 0 Å². The summed E-state index contributed by atoms with van der Waals surface area (Å²) in [4.78, 5) is 0. The highest BCUT2D eigenvalue weighted by atomic mass is 79.9. The summed E-state index contributed by atoms with van der Waals surface area (Å²) in [5.74, 6) is -0.466. The maximum atomic E-state index is 13.7. The van der Waals surface area contributed by atoms with E-state index in [0.717, 1.165) is 10.0 Å². The van der Waals surface area contributed by atoms with Crippen LogP contribution in [0.4, 0.5) is 4.39 Å². The van der Waals surface area contributed by atoms with Crippen molar-refractivity contribution in [1.29, 1.82) is 0 Å². The summed E-state index contributed by atoms with van der Waals surface area (Å²) in [6, 6.07) is 14.5. The number of rotatable bonds is 4. The molecule has 0 aliphatic heterocycles. The maximum Gasteiger partial charge on any atom is 0.126 e. The van der Waals surface area contributed by atoms with Crippen LogP contribution in [-0.2, 0) is 6.42 Å². The lowest BCUT2D eigenvalue weighted by Gasteiger charge is -2.15. The van der Waals surface area contributed by atoms with Crippen LogP contribution in [-0.4, -0.2) is 11.7 Å². The molecule has 3 heteroatoms. The third-order valence-electron chi connectivity index (χ3n) is 2.94. The van der Waals surface area contributed by atoms with E-state index in [4.69, 9.17) is 0 Å². The monoisotopic (exact) mass is 308 g/mol. The molecule has 1 atom stereocenters. The summed E-state index contributed by atoms with van der Waals surface area (Å²) in [5.41, 5.74) is 1.65. The molecule has 1 nitrogen and oxygen atoms in total. The molecule has 0 heterocycles. The molecular formula is C15H14BrFO. The van der Waals surface area contributed by atoms with Gasteiger partial charge in [0, 0.05) is 10.4 Å². The number of hydrogen-bond acceptors (Lipinski definition) is 1. The van der Waals surface area contributed by atoms with Gasteiger partial charge in [-0.15, -0.1) is 0 Å². The first kappa shape index (κ1) is 13.2. The number of hydrogen-bond donors (Lipinski definition) is 1. The summed E-state index contributed by atoms with van der Waals surface area (Å²) >= 11 is 3.41. The number of aliphatic hydroxyl groups is 1. The summed E-state index contributed by atoms with van der Waals surface area (Å²) in [5, 5.41) is 9.46. The Bertz CT molecular complexity index is 527. The SMILES string of the molecule is OCC(Cc1cccc(Br)c1)c1ccccc1F. The fraction of sp³-hybridized carbons (Fsp3) is 0.200. The fourth-order valence-corrected chi connectivity index (χ4v) is 2.47. The van der Waals surface area contributed by atoms with Crippen molar-refractivity contribution in [2.45, 2.75) is 12.3 Å². The molecule has 0 saturated heterocycles. The molecule has 0 aliphatic rings. The predicted molar refractivity (Wildman–Crippen MR) is 74.1 cm³/mol. The van der Waals surface area contributed by atoms with Crippen molar-refractivity contribution in [2.75, 3.05) is 6.61 Å². The highest BCUT2D eigenvalue weighted by Crippen LogP contribution is 2.24. The lowest BCUT2D eigenvalue weighted by Crippen LogP contribution is -2.09. The maximum absolute atomic E-state index is 13.7. The van der Waals surface area contributed by atoms with E-state index in [1.165, 1.54) is 6.07 Å². The molecule has 0 aliphatic carbocycles. The van der Waals surface area contributed by atoms with Gasteiger partial charge in [-0.2, -0.15) is 0 Å². The number of halogens is 2. The molecule has 2 rings (SSSR count). The van der Waals surface area contributed by atoms with Crippen LogP contribution >= 0.6 is 15.9 Å². The Labute approximate surface area is 114 Å². The second-order valence-electron chi connectivity index (χ2n) is 4.24. The molecule has 18 heavy (non-hydrogen) atoms. The largest absolute Gasteiger partial charge is 0.396 e. The van der Waals surface area contributed by atoms with Crippen LogP contribution in [0.3, 0.4) is 0 Å². The molecule has 0 radical (unpaired) electrons. The number of benzene rings is 2. The van der Waals surface area contributed by atoms with E-state index in [0.29, 0.717) is 12.0 Å². The van der Waals surface area contributed by atoms with E-state index in [2.05, 4.69) is 15.9 Å². The average Bonchev–Trinajstić information content (AvgIpc) is 2.37. The fourth-order valence-electron chi connectivity index (χ4n) is 2.03. The van der Waals surface area contributed by atoms with Crippen LogP contribution < -0.4 is 0 Å². The Morgan fingerprint density at radius 1 is 1.11 bits per heavy atom. The van der Waals surface area contributed by atoms with Crippen molar-refractivity contribution in [3.05, 3.63) is 69.9 Å². The standard InChI is InChI=1S/C15H14BrFO/c16-13-5-3-4-11(9-13)8-12(10-18)14-6-1-2-7-15(14)17/h1-7,9,12,18H,8,10H2. The van der Waals surface area contributed by atoms with Gasteiger partial charge in [0.25, 0.3) is 0 Å². The van der Waals surface area contributed by atoms with Crippen LogP contribution in [0.2, 0.25) is 0 Å². The summed E-state index contributed by atoms with van der Waals surface area (Å²) < 4.78 is 14.7. The minimum atomic E-state index is -0.258. The molecule has 94 valence electrons. The second kappa shape index (κ2) is 6.12. The molecule has 0 saturated carbocycles. The van der Waals surface area contributed by atoms with Gasteiger partial charge in [0.05, 0.1) is 6.61 Å². The molecule has 0 aromatic heterocycles. The van der Waals surface area contributed by atoms with Crippen LogP contribution in [0.15, 0.2) is 53.0 Å². The average molecular weight is 309 g/mol. The van der Waals surface area contributed by atoms with E-state index in [9.17, 15) is 9.50 Å². The first-order chi connectivity index (χ1) is 8.70. The molecule has 2 aromatic carbocycles. The van der Waals surface area contributed by atoms with E-state index in [1.54, 1.807) is 18.2 Å². The van der Waals surface area contributed by atoms with Gasteiger partial charge in [-0.3, -0.25) is 0 Å². The van der Waals surface area contributed by atoms with Gasteiger partial charge in [-0.25, -0.2) is 4.39 Å². The van der Waals surface area contributed by atoms with Gasteiger partial charge in [0.15, 0.2) is 0 Å². The molecule has 2 aromatic rings. The Balaban J connectivity index is 2.23. The van der Waals surface area contributed by atoms with E-state index in [1.807, 2.05) is 24.3 Å². The topological polar surface area (TPSA) is 20.2 Å². The third-order valence-corrected chi connectivity index (χ3v) is 3.43. The highest BCUT2D eigenvalue weighted by molar-refractivity contribution is 9.10. The Kier molecular flexibility index (Phi) is 4.50. The van der Waals surface area contributed by atoms with Crippen LogP contribution in [0.5, 0.6) is 0 Å². The Morgan fingerprint density at radius 2 is 1.89 bits per heavy atom. The molecule has 1 unspecified atom stereocenters. The van der Waals surface area contributed by atoms with Gasteiger partial charge in [-0.1, -0.05) is 46.3 Å². The van der Waals surface area contributed by atoms with Crippen LogP contribution in [0, 0.1) is 5.82 Å². The first-order valence-corrected chi connectivity index (χ1v) is 6.59. The smallest absolute Gasteiger partial charge is 0.126 e. The molecule has 0 amide bonds. The number of aliphatic hydroxyl groups excluding tert-OH is 1. The Morgan fingerprint density at radius 3 is 2.56 bits per heavy atom. The highest BCUT2D eigenvalue weighted by Gasteiger charge is 2.15. The van der Waals surface area contributed by atoms with Crippen LogP contribution in [0.25, 0.3) is 0 Å². The molecule has 0 bridgehead atoms. The normalized spacial score (nSPS) is 12.4. The van der Waals surface area contributed by atoms with Crippen molar-refractivity contribution in [3.63, 3.8) is 0 Å².